The normalized spacial score (nSPS) is 10.9. The van der Waals surface area contributed by atoms with Crippen LogP contribution in [0.25, 0.3) is 11.0 Å². The van der Waals surface area contributed by atoms with Crippen molar-refractivity contribution in [2.75, 3.05) is 10.6 Å². The Morgan fingerprint density at radius 2 is 1.66 bits per heavy atom. The number of aromatic amines is 1. The molecule has 0 bridgehead atoms. The van der Waals surface area contributed by atoms with Crippen molar-refractivity contribution >= 4 is 91.7 Å². The minimum absolute atomic E-state index is 0.312. The number of para-hydroxylation sites is 1. The first-order valence-electron chi connectivity index (χ1n) is 8.38. The smallest absolute Gasteiger partial charge is 0.257 e. The van der Waals surface area contributed by atoms with Gasteiger partial charge in [-0.2, -0.15) is 0 Å². The largest absolute Gasteiger partial charge is 0.324 e. The SMILES string of the molecule is O=C(Nc1ccc(I)cc1)c1cc2nc(Nc3c(Cl)cccc3Cl)[nH]c2cc1Cl. The van der Waals surface area contributed by atoms with Crippen LogP contribution in [-0.2, 0) is 0 Å². The molecule has 0 saturated heterocycles. The van der Waals surface area contributed by atoms with Crippen LogP contribution in [0.2, 0.25) is 15.1 Å². The molecule has 29 heavy (non-hydrogen) atoms. The third-order valence-corrected chi connectivity index (χ3v) is 5.79. The van der Waals surface area contributed by atoms with Gasteiger partial charge < -0.3 is 15.6 Å². The van der Waals surface area contributed by atoms with Crippen molar-refractivity contribution in [1.82, 2.24) is 9.97 Å². The number of carbonyl (C=O) groups is 1. The molecule has 0 atom stereocenters. The van der Waals surface area contributed by atoms with Crippen molar-refractivity contribution in [2.24, 2.45) is 0 Å². The van der Waals surface area contributed by atoms with Crippen molar-refractivity contribution < 1.29 is 4.79 Å². The number of hydrogen-bond donors (Lipinski definition) is 3. The summed E-state index contributed by atoms with van der Waals surface area (Å²) in [4.78, 5) is 20.2. The zero-order chi connectivity index (χ0) is 20.5. The van der Waals surface area contributed by atoms with E-state index in [1.54, 1.807) is 30.3 Å². The standard InChI is InChI=1S/C20H12Cl3IN4O/c21-13-2-1-3-14(22)18(13)28-20-26-16-8-12(15(23)9-17(16)27-20)19(29)25-11-6-4-10(24)5-7-11/h1-9H,(H,25,29)(H2,26,27,28). The maximum Gasteiger partial charge on any atom is 0.257 e. The van der Waals surface area contributed by atoms with E-state index >= 15 is 0 Å². The second-order valence-electron chi connectivity index (χ2n) is 6.12. The first-order chi connectivity index (χ1) is 13.9. The van der Waals surface area contributed by atoms with Crippen LogP contribution in [0.15, 0.2) is 54.6 Å². The lowest BCUT2D eigenvalue weighted by Gasteiger charge is -2.07. The van der Waals surface area contributed by atoms with Gasteiger partial charge in [-0.15, -0.1) is 0 Å². The highest BCUT2D eigenvalue weighted by Crippen LogP contribution is 2.33. The van der Waals surface area contributed by atoms with E-state index in [9.17, 15) is 4.79 Å². The van der Waals surface area contributed by atoms with Crippen LogP contribution in [0.5, 0.6) is 0 Å². The number of carbonyl (C=O) groups excluding carboxylic acids is 1. The van der Waals surface area contributed by atoms with Crippen LogP contribution in [0.3, 0.4) is 0 Å². The van der Waals surface area contributed by atoms with E-state index in [-0.39, 0.29) is 5.91 Å². The van der Waals surface area contributed by atoms with E-state index in [4.69, 9.17) is 34.8 Å². The minimum Gasteiger partial charge on any atom is -0.324 e. The number of fused-ring (bicyclic) bond motifs is 1. The fourth-order valence-electron chi connectivity index (χ4n) is 2.73. The number of benzene rings is 3. The molecule has 4 rings (SSSR count). The summed E-state index contributed by atoms with van der Waals surface area (Å²) < 4.78 is 1.08. The molecule has 1 aromatic heterocycles. The number of H-pyrrole nitrogens is 1. The van der Waals surface area contributed by atoms with Gasteiger partial charge in [0, 0.05) is 9.26 Å². The van der Waals surface area contributed by atoms with Gasteiger partial charge in [-0.1, -0.05) is 40.9 Å². The van der Waals surface area contributed by atoms with Gasteiger partial charge in [-0.3, -0.25) is 4.79 Å². The number of nitrogens with one attached hydrogen (secondary N) is 3. The molecule has 0 saturated carbocycles. The number of amides is 1. The number of nitrogens with zero attached hydrogens (tertiary/aromatic N) is 1. The highest BCUT2D eigenvalue weighted by molar-refractivity contribution is 14.1. The molecule has 0 spiro atoms. The number of halogens is 4. The Morgan fingerprint density at radius 1 is 0.966 bits per heavy atom. The molecule has 3 N–H and O–H groups in total. The van der Waals surface area contributed by atoms with Gasteiger partial charge in [0.25, 0.3) is 5.91 Å². The highest BCUT2D eigenvalue weighted by atomic mass is 127. The summed E-state index contributed by atoms with van der Waals surface area (Å²) >= 11 is 20.9. The van der Waals surface area contributed by atoms with Gasteiger partial charge in [-0.05, 0) is 71.1 Å². The van der Waals surface area contributed by atoms with Crippen molar-refractivity contribution in [3.63, 3.8) is 0 Å². The number of hydrogen-bond acceptors (Lipinski definition) is 3. The van der Waals surface area contributed by atoms with Gasteiger partial charge in [0.1, 0.15) is 0 Å². The maximum absolute atomic E-state index is 12.7. The Bertz CT molecular complexity index is 1200. The molecule has 1 heterocycles. The molecule has 0 unspecified atom stereocenters. The number of imidazole rings is 1. The zero-order valence-corrected chi connectivity index (χ0v) is 19.0. The highest BCUT2D eigenvalue weighted by Gasteiger charge is 2.15. The maximum atomic E-state index is 12.7. The van der Waals surface area contributed by atoms with Crippen molar-refractivity contribution in [1.29, 1.82) is 0 Å². The lowest BCUT2D eigenvalue weighted by Crippen LogP contribution is -2.12. The Hall–Kier alpha value is -2.00. The van der Waals surface area contributed by atoms with Crippen molar-refractivity contribution in [2.45, 2.75) is 0 Å². The Kier molecular flexibility index (Phi) is 5.87. The average molecular weight is 558 g/mol. The fraction of sp³-hybridized carbons (Fsp3) is 0. The van der Waals surface area contributed by atoms with E-state index in [1.807, 2.05) is 24.3 Å². The summed E-state index contributed by atoms with van der Waals surface area (Å²) in [5, 5.41) is 7.15. The van der Waals surface area contributed by atoms with Crippen molar-refractivity contribution in [3.05, 3.63) is 78.8 Å². The van der Waals surface area contributed by atoms with Crippen LogP contribution >= 0.6 is 57.4 Å². The summed E-state index contributed by atoms with van der Waals surface area (Å²) in [5.74, 6) is 0.117. The van der Waals surface area contributed by atoms with Gasteiger partial charge in [0.05, 0.1) is 37.4 Å². The molecular formula is C20H12Cl3IN4O. The first-order valence-corrected chi connectivity index (χ1v) is 10.6. The number of aromatic nitrogens is 2. The van der Waals surface area contributed by atoms with Crippen LogP contribution in [0.1, 0.15) is 10.4 Å². The minimum atomic E-state index is -0.315. The van der Waals surface area contributed by atoms with E-state index in [0.717, 1.165) is 3.57 Å². The van der Waals surface area contributed by atoms with E-state index in [0.29, 0.717) is 49.0 Å². The van der Waals surface area contributed by atoms with Gasteiger partial charge in [0.15, 0.2) is 0 Å². The van der Waals surface area contributed by atoms with Crippen LogP contribution in [0.4, 0.5) is 17.3 Å². The number of rotatable bonds is 4. The zero-order valence-electron chi connectivity index (χ0n) is 14.6. The lowest BCUT2D eigenvalue weighted by atomic mass is 10.2. The summed E-state index contributed by atoms with van der Waals surface area (Å²) in [6, 6.07) is 16.0. The molecule has 1 amide bonds. The average Bonchev–Trinajstić information content (AvgIpc) is 3.07. The quantitative estimate of drug-likeness (QED) is 0.234. The van der Waals surface area contributed by atoms with Crippen LogP contribution in [0, 0.1) is 3.57 Å². The second-order valence-corrected chi connectivity index (χ2v) is 8.58. The second kappa shape index (κ2) is 8.39. The molecule has 5 nitrogen and oxygen atoms in total. The van der Waals surface area contributed by atoms with E-state index in [1.165, 1.54) is 0 Å². The molecule has 9 heteroatoms. The van der Waals surface area contributed by atoms with E-state index < -0.39 is 0 Å². The third kappa shape index (κ3) is 4.45. The third-order valence-electron chi connectivity index (χ3n) is 4.12. The predicted molar refractivity (Wildman–Crippen MR) is 128 cm³/mol. The number of anilines is 3. The molecule has 0 aliphatic rings. The van der Waals surface area contributed by atoms with Crippen LogP contribution < -0.4 is 10.6 Å². The van der Waals surface area contributed by atoms with Crippen molar-refractivity contribution in [3.8, 4) is 0 Å². The topological polar surface area (TPSA) is 69.8 Å². The summed E-state index contributed by atoms with van der Waals surface area (Å²) in [7, 11) is 0. The first kappa shape index (κ1) is 20.3. The molecule has 4 aromatic rings. The Labute approximate surface area is 194 Å². The molecule has 0 fully saturated rings. The molecule has 146 valence electrons. The predicted octanol–water partition coefficient (Wildman–Crippen LogP) is 7.12. The molecule has 0 aliphatic heterocycles. The molecular weight excluding hydrogens is 546 g/mol. The molecule has 3 aromatic carbocycles. The van der Waals surface area contributed by atoms with Gasteiger partial charge in [-0.25, -0.2) is 4.98 Å². The fourth-order valence-corrected chi connectivity index (χ4v) is 3.83. The van der Waals surface area contributed by atoms with Crippen LogP contribution in [-0.4, -0.2) is 15.9 Å². The Morgan fingerprint density at radius 3 is 2.34 bits per heavy atom. The van der Waals surface area contributed by atoms with Gasteiger partial charge >= 0.3 is 0 Å². The summed E-state index contributed by atoms with van der Waals surface area (Å²) in [6.45, 7) is 0. The Balaban J connectivity index is 1.63. The summed E-state index contributed by atoms with van der Waals surface area (Å²) in [6.07, 6.45) is 0. The molecule has 0 aliphatic carbocycles. The lowest BCUT2D eigenvalue weighted by molar-refractivity contribution is 0.102. The van der Waals surface area contributed by atoms with Gasteiger partial charge in [0.2, 0.25) is 5.95 Å². The monoisotopic (exact) mass is 556 g/mol. The molecule has 0 radical (unpaired) electrons. The van der Waals surface area contributed by atoms with E-state index in [2.05, 4.69) is 43.2 Å². The summed E-state index contributed by atoms with van der Waals surface area (Å²) in [5.41, 5.74) is 2.80.